The number of alkyl halides is 3. The second-order valence-corrected chi connectivity index (χ2v) is 6.12. The lowest BCUT2D eigenvalue weighted by Gasteiger charge is -2.14. The third-order valence-corrected chi connectivity index (χ3v) is 3.82. The van der Waals surface area contributed by atoms with Crippen LogP contribution in [0.15, 0.2) is 60.8 Å². The van der Waals surface area contributed by atoms with Crippen molar-refractivity contribution in [2.24, 2.45) is 0 Å². The number of nitrogens with zero attached hydrogens (tertiary/aromatic N) is 2. The summed E-state index contributed by atoms with van der Waals surface area (Å²) in [6.45, 7) is -0.0537. The van der Waals surface area contributed by atoms with Crippen molar-refractivity contribution in [3.05, 3.63) is 82.6 Å². The summed E-state index contributed by atoms with van der Waals surface area (Å²) in [6.07, 6.45) is -3.51. The molecule has 140 valence electrons. The highest BCUT2D eigenvalue weighted by Crippen LogP contribution is 2.31. The Bertz CT molecular complexity index is 904. The molecule has 27 heavy (non-hydrogen) atoms. The molecule has 1 N–H and O–H groups in total. The molecule has 0 unspecified atom stereocenters. The van der Waals surface area contributed by atoms with Crippen LogP contribution in [0.3, 0.4) is 0 Å². The third-order valence-electron chi connectivity index (χ3n) is 3.58. The van der Waals surface area contributed by atoms with Crippen LogP contribution in [0.4, 0.5) is 24.8 Å². The zero-order valence-corrected chi connectivity index (χ0v) is 14.8. The number of hydrogen-bond donors (Lipinski definition) is 1. The van der Waals surface area contributed by atoms with Gasteiger partial charge in [0.05, 0.1) is 13.2 Å². The van der Waals surface area contributed by atoms with Crippen LogP contribution in [-0.2, 0) is 24.1 Å². The number of anilines is 2. The molecule has 0 spiro atoms. The van der Waals surface area contributed by atoms with Crippen LogP contribution in [0.5, 0.6) is 0 Å². The van der Waals surface area contributed by atoms with Gasteiger partial charge in [-0.05, 0) is 23.8 Å². The Morgan fingerprint density at radius 3 is 2.48 bits per heavy atom. The quantitative estimate of drug-likeness (QED) is 0.591. The molecule has 3 aromatic rings. The molecule has 0 saturated carbocycles. The Morgan fingerprint density at radius 2 is 1.78 bits per heavy atom. The van der Waals surface area contributed by atoms with Crippen molar-refractivity contribution in [2.45, 2.75) is 19.4 Å². The molecule has 0 radical (unpaired) electrons. The van der Waals surface area contributed by atoms with Crippen molar-refractivity contribution in [1.29, 1.82) is 0 Å². The molecule has 0 aliphatic rings. The highest BCUT2D eigenvalue weighted by molar-refractivity contribution is 6.30. The maximum atomic E-state index is 13.4. The lowest BCUT2D eigenvalue weighted by Crippen LogP contribution is -2.15. The fourth-order valence-electron chi connectivity index (χ4n) is 2.37. The number of aromatic nitrogens is 2. The first-order valence-corrected chi connectivity index (χ1v) is 8.37. The number of halogens is 4. The summed E-state index contributed by atoms with van der Waals surface area (Å²) >= 11 is 5.87. The Balaban J connectivity index is 1.75. The van der Waals surface area contributed by atoms with Gasteiger partial charge in [0.1, 0.15) is 0 Å². The first-order chi connectivity index (χ1) is 12.9. The number of benzene rings is 2. The molecule has 0 aliphatic carbocycles. The Hall–Kier alpha value is -2.64. The zero-order chi connectivity index (χ0) is 19.3. The maximum absolute atomic E-state index is 13.4. The minimum atomic E-state index is -4.63. The van der Waals surface area contributed by atoms with Gasteiger partial charge in [0.25, 0.3) is 0 Å². The summed E-state index contributed by atoms with van der Waals surface area (Å²) < 4.78 is 45.6. The summed E-state index contributed by atoms with van der Waals surface area (Å²) in [6, 6.07) is 15.7. The first-order valence-electron chi connectivity index (χ1n) is 7.99. The molecule has 8 heteroatoms. The van der Waals surface area contributed by atoms with Crippen LogP contribution in [0.25, 0.3) is 0 Å². The third kappa shape index (κ3) is 5.42. The van der Waals surface area contributed by atoms with E-state index in [4.69, 9.17) is 16.3 Å². The van der Waals surface area contributed by atoms with Gasteiger partial charge in [-0.2, -0.15) is 13.2 Å². The number of nitrogens with one attached hydrogen (secondary N) is 1. The molecular formula is C19H15ClF3N3O. The van der Waals surface area contributed by atoms with E-state index in [9.17, 15) is 13.2 Å². The van der Waals surface area contributed by atoms with Crippen molar-refractivity contribution < 1.29 is 17.9 Å². The predicted octanol–water partition coefficient (Wildman–Crippen LogP) is 5.61. The lowest BCUT2D eigenvalue weighted by atomic mass is 10.2. The molecule has 0 bridgehead atoms. The largest absolute Gasteiger partial charge is 0.433 e. The maximum Gasteiger partial charge on any atom is 0.433 e. The van der Waals surface area contributed by atoms with E-state index in [1.165, 1.54) is 0 Å². The SMILES string of the molecule is FC(F)(F)c1nc(Nc2cccc(Cl)c2)ncc1COCc1ccccc1. The number of ether oxygens (including phenoxy) is 1. The molecule has 1 aromatic heterocycles. The van der Waals surface area contributed by atoms with E-state index in [1.54, 1.807) is 24.3 Å². The molecule has 3 rings (SSSR count). The summed E-state index contributed by atoms with van der Waals surface area (Å²) in [5.74, 6) is -0.170. The lowest BCUT2D eigenvalue weighted by molar-refractivity contribution is -0.142. The van der Waals surface area contributed by atoms with Crippen LogP contribution in [0, 0.1) is 0 Å². The normalized spacial score (nSPS) is 11.4. The molecule has 0 aliphatic heterocycles. The van der Waals surface area contributed by atoms with Crippen molar-refractivity contribution in [2.75, 3.05) is 5.32 Å². The number of rotatable bonds is 6. The Kier molecular flexibility index (Phi) is 5.93. The molecular weight excluding hydrogens is 379 g/mol. The molecule has 4 nitrogen and oxygen atoms in total. The van der Waals surface area contributed by atoms with Gasteiger partial charge in [-0.1, -0.05) is 48.0 Å². The highest BCUT2D eigenvalue weighted by atomic mass is 35.5. The van der Waals surface area contributed by atoms with Crippen LogP contribution >= 0.6 is 11.6 Å². The van der Waals surface area contributed by atoms with Crippen LogP contribution in [0.2, 0.25) is 5.02 Å². The summed E-state index contributed by atoms with van der Waals surface area (Å²) in [5.41, 5.74) is 0.195. The number of hydrogen-bond acceptors (Lipinski definition) is 4. The monoisotopic (exact) mass is 393 g/mol. The molecule has 0 fully saturated rings. The van der Waals surface area contributed by atoms with E-state index in [2.05, 4.69) is 15.3 Å². The van der Waals surface area contributed by atoms with Gasteiger partial charge in [0.2, 0.25) is 5.95 Å². The molecule has 1 heterocycles. The van der Waals surface area contributed by atoms with Crippen LogP contribution in [0.1, 0.15) is 16.8 Å². The Labute approximate surface area is 159 Å². The van der Waals surface area contributed by atoms with E-state index in [0.717, 1.165) is 11.8 Å². The van der Waals surface area contributed by atoms with E-state index in [0.29, 0.717) is 10.7 Å². The standard InChI is InChI=1S/C19H15ClF3N3O/c20-15-7-4-8-16(9-15)25-18-24-10-14(17(26-18)19(21,22)23)12-27-11-13-5-2-1-3-6-13/h1-10H,11-12H2,(H,24,25,26). The Morgan fingerprint density at radius 1 is 1.00 bits per heavy atom. The van der Waals surface area contributed by atoms with Gasteiger partial charge in [-0.25, -0.2) is 9.97 Å². The van der Waals surface area contributed by atoms with Gasteiger partial charge >= 0.3 is 6.18 Å². The summed E-state index contributed by atoms with van der Waals surface area (Å²) in [7, 11) is 0. The molecule has 0 saturated heterocycles. The van der Waals surface area contributed by atoms with E-state index in [1.807, 2.05) is 30.3 Å². The topological polar surface area (TPSA) is 47.0 Å². The molecule has 0 amide bonds. The summed E-state index contributed by atoms with van der Waals surface area (Å²) in [4.78, 5) is 7.58. The highest BCUT2D eigenvalue weighted by Gasteiger charge is 2.36. The van der Waals surface area contributed by atoms with Gasteiger partial charge in [-0.3, -0.25) is 0 Å². The van der Waals surface area contributed by atoms with Crippen LogP contribution in [-0.4, -0.2) is 9.97 Å². The first kappa shape index (κ1) is 19.1. The molecule has 0 atom stereocenters. The van der Waals surface area contributed by atoms with Gasteiger partial charge < -0.3 is 10.1 Å². The van der Waals surface area contributed by atoms with Crippen molar-refractivity contribution in [3.8, 4) is 0 Å². The average Bonchev–Trinajstić information content (AvgIpc) is 2.63. The van der Waals surface area contributed by atoms with Gasteiger partial charge in [0.15, 0.2) is 5.69 Å². The van der Waals surface area contributed by atoms with E-state index in [-0.39, 0.29) is 24.7 Å². The fourth-order valence-corrected chi connectivity index (χ4v) is 2.56. The smallest absolute Gasteiger partial charge is 0.372 e. The predicted molar refractivity (Wildman–Crippen MR) is 96.7 cm³/mol. The van der Waals surface area contributed by atoms with Gasteiger partial charge in [0, 0.05) is 22.5 Å². The second kappa shape index (κ2) is 8.37. The van der Waals surface area contributed by atoms with Crippen LogP contribution < -0.4 is 5.32 Å². The van der Waals surface area contributed by atoms with E-state index >= 15 is 0 Å². The van der Waals surface area contributed by atoms with Crippen molar-refractivity contribution >= 4 is 23.2 Å². The average molecular weight is 394 g/mol. The van der Waals surface area contributed by atoms with Crippen molar-refractivity contribution in [3.63, 3.8) is 0 Å². The minimum Gasteiger partial charge on any atom is -0.372 e. The van der Waals surface area contributed by atoms with Crippen molar-refractivity contribution in [1.82, 2.24) is 9.97 Å². The fraction of sp³-hybridized carbons (Fsp3) is 0.158. The summed E-state index contributed by atoms with van der Waals surface area (Å²) in [5, 5.41) is 3.17. The van der Waals surface area contributed by atoms with E-state index < -0.39 is 11.9 Å². The minimum absolute atomic E-state index is 0.130. The second-order valence-electron chi connectivity index (χ2n) is 5.68. The molecule has 2 aromatic carbocycles. The zero-order valence-electron chi connectivity index (χ0n) is 14.0. The van der Waals surface area contributed by atoms with Gasteiger partial charge in [-0.15, -0.1) is 0 Å².